The molecule has 0 aromatic carbocycles. The highest BCUT2D eigenvalue weighted by Gasteiger charge is 2.09. The molecule has 0 fully saturated rings. The van der Waals surface area contributed by atoms with Crippen molar-refractivity contribution in [3.8, 4) is 29.5 Å². The molecular weight excluding hydrogens is 344 g/mol. The van der Waals surface area contributed by atoms with Gasteiger partial charge in [-0.3, -0.25) is 0 Å². The van der Waals surface area contributed by atoms with Crippen LogP contribution in [0.15, 0.2) is 60.9 Å². The van der Waals surface area contributed by atoms with Crippen molar-refractivity contribution in [2.75, 3.05) is 0 Å². The minimum atomic E-state index is 0.286. The lowest BCUT2D eigenvalue weighted by Crippen LogP contribution is -2.01. The van der Waals surface area contributed by atoms with Gasteiger partial charge in [0.15, 0.2) is 17.3 Å². The van der Waals surface area contributed by atoms with E-state index in [1.54, 1.807) is 60.9 Å². The summed E-state index contributed by atoms with van der Waals surface area (Å²) in [6, 6.07) is 15.6. The van der Waals surface area contributed by atoms with Crippen LogP contribution in [0.4, 0.5) is 5.82 Å². The monoisotopic (exact) mass is 354 g/mol. The Morgan fingerprint density at radius 2 is 1.52 bits per heavy atom. The molecule has 0 saturated heterocycles. The lowest BCUT2D eigenvalue weighted by molar-refractivity contribution is 0.442. The smallest absolute Gasteiger partial charge is 0.295 e. The van der Waals surface area contributed by atoms with Gasteiger partial charge in [-0.1, -0.05) is 18.7 Å². The van der Waals surface area contributed by atoms with Crippen LogP contribution in [0.5, 0.6) is 11.8 Å². The van der Waals surface area contributed by atoms with Gasteiger partial charge in [-0.05, 0) is 29.4 Å². The fourth-order valence-electron chi connectivity index (χ4n) is 2.30. The summed E-state index contributed by atoms with van der Waals surface area (Å²) in [4.78, 5) is 12.0. The third kappa shape index (κ3) is 3.34. The summed E-state index contributed by atoms with van der Waals surface area (Å²) in [6.07, 6.45) is 3.30. The molecule has 0 atom stereocenters. The molecule has 9 heteroatoms. The number of hydrogen-bond donors (Lipinski definition) is 0. The van der Waals surface area contributed by atoms with Crippen LogP contribution in [0.25, 0.3) is 16.5 Å². The number of rotatable bonds is 4. The Morgan fingerprint density at radius 1 is 0.889 bits per heavy atom. The molecule has 0 radical (unpaired) electrons. The Labute approximate surface area is 153 Å². The van der Waals surface area contributed by atoms with E-state index in [0.29, 0.717) is 29.1 Å². The Bertz CT molecular complexity index is 1100. The molecule has 0 aliphatic carbocycles. The average molecular weight is 354 g/mol. The van der Waals surface area contributed by atoms with Crippen molar-refractivity contribution in [2.45, 2.75) is 0 Å². The van der Waals surface area contributed by atoms with Crippen molar-refractivity contribution in [2.24, 2.45) is 0 Å². The summed E-state index contributed by atoms with van der Waals surface area (Å²) in [5.74, 6) is 1.97. The van der Waals surface area contributed by atoms with Crippen LogP contribution < -0.4 is 4.74 Å². The summed E-state index contributed by atoms with van der Waals surface area (Å²) >= 11 is 0. The minimum Gasteiger partial charge on any atom is -0.421 e. The first-order chi connectivity index (χ1) is 13.2. The Kier molecular flexibility index (Phi) is 4.02. The molecule has 128 valence electrons. The average Bonchev–Trinajstić information content (AvgIpc) is 3.38. The fraction of sp³-hybridized carbons (Fsp3) is 0. The number of ether oxygens (including phenoxy) is 1. The van der Waals surface area contributed by atoms with Gasteiger partial charge in [-0.2, -0.15) is 20.3 Å². The van der Waals surface area contributed by atoms with Crippen LogP contribution >= 0.6 is 0 Å². The minimum absolute atomic E-state index is 0.286. The molecule has 0 N–H and O–H groups in total. The van der Waals surface area contributed by atoms with Crippen molar-refractivity contribution in [3.63, 3.8) is 0 Å². The van der Waals surface area contributed by atoms with Gasteiger partial charge in [0.25, 0.3) is 5.82 Å². The zero-order valence-electron chi connectivity index (χ0n) is 13.8. The number of nitrogens with zero attached hydrogens (tertiary/aromatic N) is 8. The van der Waals surface area contributed by atoms with Crippen LogP contribution in [0, 0.1) is 17.9 Å². The molecule has 0 aliphatic rings. The van der Waals surface area contributed by atoms with Gasteiger partial charge >= 0.3 is 0 Å². The molecule has 0 amide bonds. The maximum atomic E-state index is 8.88. The molecule has 0 aliphatic heterocycles. The van der Waals surface area contributed by atoms with Crippen LogP contribution in [0.2, 0.25) is 0 Å². The first-order valence-corrected chi connectivity index (χ1v) is 7.77. The first-order valence-electron chi connectivity index (χ1n) is 7.77. The lowest BCUT2D eigenvalue weighted by atomic mass is 10.4. The highest BCUT2D eigenvalue weighted by molar-refractivity contribution is 5.37. The Balaban J connectivity index is 1.59. The summed E-state index contributed by atoms with van der Waals surface area (Å²) < 4.78 is 8.73. The van der Waals surface area contributed by atoms with Gasteiger partial charge in [0.05, 0.1) is 0 Å². The number of aromatic nitrogens is 6. The molecule has 0 bridgehead atoms. The summed E-state index contributed by atoms with van der Waals surface area (Å²) in [5.41, 5.74) is 0.301. The molecule has 4 rings (SSSR count). The maximum Gasteiger partial charge on any atom is 0.295 e. The Hall–Kier alpha value is -4.50. The van der Waals surface area contributed by atoms with E-state index < -0.39 is 0 Å². The van der Waals surface area contributed by atoms with Gasteiger partial charge < -0.3 is 9.58 Å². The third-order valence-electron chi connectivity index (χ3n) is 3.49. The molecular formula is C18H10N8O. The summed E-state index contributed by atoms with van der Waals surface area (Å²) in [6.45, 7) is 6.99. The van der Waals surface area contributed by atoms with Crippen molar-refractivity contribution in [1.82, 2.24) is 29.5 Å². The van der Waals surface area contributed by atoms with Gasteiger partial charge in [-0.15, -0.1) is 4.68 Å². The Morgan fingerprint density at radius 3 is 2.07 bits per heavy atom. The maximum absolute atomic E-state index is 8.88. The van der Waals surface area contributed by atoms with Crippen LogP contribution in [-0.2, 0) is 0 Å². The molecule has 4 aromatic rings. The molecule has 0 saturated carbocycles. The normalized spacial score (nSPS) is 10.1. The predicted octanol–water partition coefficient (Wildman–Crippen LogP) is 3.06. The second kappa shape index (κ2) is 6.78. The van der Waals surface area contributed by atoms with E-state index >= 15 is 0 Å². The zero-order chi connectivity index (χ0) is 18.6. The van der Waals surface area contributed by atoms with E-state index in [1.807, 2.05) is 6.07 Å². The third-order valence-corrected chi connectivity index (χ3v) is 3.49. The van der Waals surface area contributed by atoms with E-state index in [0.717, 1.165) is 0 Å². The number of nitriles is 1. The molecule has 27 heavy (non-hydrogen) atoms. The van der Waals surface area contributed by atoms with E-state index in [9.17, 15) is 0 Å². The van der Waals surface area contributed by atoms with Crippen LogP contribution in [-0.4, -0.2) is 29.5 Å². The zero-order valence-corrected chi connectivity index (χ0v) is 13.8. The lowest BCUT2D eigenvalue weighted by Gasteiger charge is -2.06. The molecule has 4 heterocycles. The standard InChI is InChI=1S/C18H10N8O/c1-20-14-9-11-26(24-14)16-5-3-7-18(22-16)27-17-6-2-4-15(21-17)25-10-8-13(12-19)23-25/h2-11H. The fourth-order valence-corrected chi connectivity index (χ4v) is 2.30. The highest BCUT2D eigenvalue weighted by atomic mass is 16.5. The molecule has 0 unspecified atom stereocenters. The first kappa shape index (κ1) is 16.0. The van der Waals surface area contributed by atoms with Gasteiger partial charge in [-0.25, -0.2) is 4.68 Å². The van der Waals surface area contributed by atoms with Crippen molar-refractivity contribution in [1.29, 1.82) is 5.26 Å². The molecule has 0 spiro atoms. The van der Waals surface area contributed by atoms with E-state index in [4.69, 9.17) is 16.6 Å². The second-order valence-electron chi connectivity index (χ2n) is 5.26. The molecule has 4 aromatic heterocycles. The predicted molar refractivity (Wildman–Crippen MR) is 93.8 cm³/mol. The number of hydrogen-bond acceptors (Lipinski definition) is 6. The largest absolute Gasteiger partial charge is 0.421 e. The van der Waals surface area contributed by atoms with Crippen LogP contribution in [0.1, 0.15) is 5.69 Å². The SMILES string of the molecule is [C-]#[N+]c1ccn(-c2cccc(Oc3cccc(-n4ccc(C#N)n4)n3)n2)n1. The van der Waals surface area contributed by atoms with Crippen LogP contribution in [0.3, 0.4) is 0 Å². The topological polar surface area (TPSA) is 98.8 Å². The summed E-state index contributed by atoms with van der Waals surface area (Å²) in [5, 5.41) is 17.1. The summed E-state index contributed by atoms with van der Waals surface area (Å²) in [7, 11) is 0. The van der Waals surface area contributed by atoms with E-state index in [1.165, 1.54) is 9.36 Å². The van der Waals surface area contributed by atoms with Crippen molar-refractivity contribution in [3.05, 3.63) is 78.0 Å². The number of pyridine rings is 2. The highest BCUT2D eigenvalue weighted by Crippen LogP contribution is 2.20. The quantitative estimate of drug-likeness (QED) is 0.522. The van der Waals surface area contributed by atoms with Gasteiger partial charge in [0, 0.05) is 24.5 Å². The van der Waals surface area contributed by atoms with E-state index in [2.05, 4.69) is 25.0 Å². The van der Waals surface area contributed by atoms with Gasteiger partial charge in [0.1, 0.15) is 6.07 Å². The van der Waals surface area contributed by atoms with E-state index in [-0.39, 0.29) is 5.82 Å². The molecule has 9 nitrogen and oxygen atoms in total. The van der Waals surface area contributed by atoms with Crippen molar-refractivity contribution < 1.29 is 4.74 Å². The second-order valence-corrected chi connectivity index (χ2v) is 5.26. The van der Waals surface area contributed by atoms with Gasteiger partial charge in [0.2, 0.25) is 11.8 Å². The van der Waals surface area contributed by atoms with Crippen molar-refractivity contribution >= 4 is 5.82 Å².